The molecule has 1 atom stereocenters. The van der Waals surface area contributed by atoms with Gasteiger partial charge in [-0.2, -0.15) is 0 Å². The van der Waals surface area contributed by atoms with Gasteiger partial charge in [-0.1, -0.05) is 37.6 Å². The van der Waals surface area contributed by atoms with Crippen molar-refractivity contribution in [2.75, 3.05) is 23.7 Å². The van der Waals surface area contributed by atoms with Gasteiger partial charge in [-0.15, -0.1) is 12.4 Å². The summed E-state index contributed by atoms with van der Waals surface area (Å²) < 4.78 is 26.6. The molecule has 1 unspecified atom stereocenters. The topological polar surface area (TPSA) is 116 Å². The Bertz CT molecular complexity index is 1180. The summed E-state index contributed by atoms with van der Waals surface area (Å²) in [5.41, 5.74) is 4.45. The van der Waals surface area contributed by atoms with Gasteiger partial charge in [0.05, 0.1) is 12.3 Å². The first-order chi connectivity index (χ1) is 16.8. The Balaban J connectivity index is 0.00000361. The van der Waals surface area contributed by atoms with Gasteiger partial charge in [0.25, 0.3) is 5.91 Å². The zero-order chi connectivity index (χ0) is 25.0. The Morgan fingerprint density at radius 1 is 1.17 bits per heavy atom. The molecule has 0 aliphatic carbocycles. The monoisotopic (exact) mass is 535 g/mol. The molecule has 2 aliphatic rings. The second kappa shape index (κ2) is 12.2. The van der Waals surface area contributed by atoms with Crippen molar-refractivity contribution in [2.45, 2.75) is 57.5 Å². The van der Waals surface area contributed by atoms with Gasteiger partial charge >= 0.3 is 5.97 Å². The van der Waals surface area contributed by atoms with Gasteiger partial charge in [0, 0.05) is 11.3 Å². The van der Waals surface area contributed by atoms with Gasteiger partial charge in [-0.3, -0.25) is 9.59 Å². The average molecular weight is 536 g/mol. The molecule has 0 spiro atoms. The van der Waals surface area contributed by atoms with Crippen molar-refractivity contribution in [3.63, 3.8) is 0 Å². The fourth-order valence-corrected chi connectivity index (χ4v) is 6.20. The number of anilines is 1. The molecule has 2 aromatic rings. The van der Waals surface area contributed by atoms with E-state index in [0.29, 0.717) is 30.9 Å². The van der Waals surface area contributed by atoms with Crippen LogP contribution in [0.2, 0.25) is 0 Å². The summed E-state index contributed by atoms with van der Waals surface area (Å²) in [7, 11) is -3.67. The minimum absolute atomic E-state index is 0. The van der Waals surface area contributed by atoms with E-state index in [0.717, 1.165) is 42.7 Å². The first-order valence-corrected chi connectivity index (χ1v) is 13.9. The number of sulfonamides is 1. The molecule has 0 saturated carbocycles. The van der Waals surface area contributed by atoms with Gasteiger partial charge in [0.1, 0.15) is 6.04 Å². The Morgan fingerprint density at radius 2 is 1.86 bits per heavy atom. The average Bonchev–Trinajstić information content (AvgIpc) is 3.19. The molecule has 2 aliphatic heterocycles. The van der Waals surface area contributed by atoms with Crippen LogP contribution in [0, 0.1) is 0 Å². The highest BCUT2D eigenvalue weighted by atomic mass is 35.5. The molecule has 10 heteroatoms. The van der Waals surface area contributed by atoms with Gasteiger partial charge in [-0.25, -0.2) is 13.1 Å². The molecular weight excluding hydrogens is 502 g/mol. The number of hydrogen-bond donors (Lipinski definition) is 3. The molecule has 0 radical (unpaired) electrons. The SMILES string of the molecule is CCCCS(=O)(=O)NC(Cc1ccc(N2Cc3cc(C4CCNCC4)ccc3C2=O)cc1)C(=O)O.Cl. The molecule has 1 saturated heterocycles. The quantitative estimate of drug-likeness (QED) is 0.429. The molecule has 8 nitrogen and oxygen atoms in total. The minimum Gasteiger partial charge on any atom is -0.480 e. The number of piperidine rings is 1. The second-order valence-electron chi connectivity index (χ2n) is 9.38. The number of amides is 1. The molecule has 4 rings (SSSR count). The van der Waals surface area contributed by atoms with Crippen LogP contribution >= 0.6 is 12.4 Å². The van der Waals surface area contributed by atoms with E-state index in [1.165, 1.54) is 5.56 Å². The fraction of sp³-hybridized carbons (Fsp3) is 0.462. The minimum atomic E-state index is -3.67. The van der Waals surface area contributed by atoms with E-state index in [9.17, 15) is 23.1 Å². The lowest BCUT2D eigenvalue weighted by molar-refractivity contribution is -0.138. The third kappa shape index (κ3) is 6.64. The number of halogens is 1. The molecule has 0 aromatic heterocycles. The molecule has 1 amide bonds. The third-order valence-corrected chi connectivity index (χ3v) is 8.29. The van der Waals surface area contributed by atoms with Crippen molar-refractivity contribution in [1.82, 2.24) is 10.0 Å². The number of nitrogens with one attached hydrogen (secondary N) is 2. The maximum atomic E-state index is 13.0. The molecule has 196 valence electrons. The molecule has 2 aromatic carbocycles. The Morgan fingerprint density at radius 3 is 2.50 bits per heavy atom. The summed E-state index contributed by atoms with van der Waals surface area (Å²) in [6, 6.07) is 12.0. The van der Waals surface area contributed by atoms with Crippen LogP contribution < -0.4 is 14.9 Å². The predicted octanol–water partition coefficient (Wildman–Crippen LogP) is 3.45. The first-order valence-electron chi connectivity index (χ1n) is 12.2. The number of benzene rings is 2. The standard InChI is InChI=1S/C26H33N3O5S.ClH/c1-2-3-14-35(33,34)28-24(26(31)32)15-18-4-7-22(8-5-18)29-17-21-16-20(6-9-23(21)25(29)30)19-10-12-27-13-11-19;/h4-9,16,19,24,27-28H,2-3,10-15,17H2,1H3,(H,31,32);1H. The van der Waals surface area contributed by atoms with Crippen molar-refractivity contribution in [3.8, 4) is 0 Å². The van der Waals surface area contributed by atoms with Gasteiger partial charge in [0.15, 0.2) is 0 Å². The Kier molecular flexibility index (Phi) is 9.52. The predicted molar refractivity (Wildman–Crippen MR) is 142 cm³/mol. The number of nitrogens with zero attached hydrogens (tertiary/aromatic N) is 1. The van der Waals surface area contributed by atoms with Crippen LogP contribution in [0.4, 0.5) is 5.69 Å². The number of unbranched alkanes of at least 4 members (excludes halogenated alkanes) is 1. The first kappa shape index (κ1) is 28.1. The molecule has 36 heavy (non-hydrogen) atoms. The maximum Gasteiger partial charge on any atom is 0.322 e. The molecule has 0 bridgehead atoms. The van der Waals surface area contributed by atoms with E-state index in [2.05, 4.69) is 22.2 Å². The number of carbonyl (C=O) groups excluding carboxylic acids is 1. The zero-order valence-electron chi connectivity index (χ0n) is 20.4. The maximum absolute atomic E-state index is 13.0. The summed E-state index contributed by atoms with van der Waals surface area (Å²) in [5.74, 6) is -0.837. The molecule has 3 N–H and O–H groups in total. The summed E-state index contributed by atoms with van der Waals surface area (Å²) in [6.45, 7) is 4.41. The lowest BCUT2D eigenvalue weighted by atomic mass is 9.88. The van der Waals surface area contributed by atoms with Gasteiger partial charge in [0.2, 0.25) is 10.0 Å². The summed E-state index contributed by atoms with van der Waals surface area (Å²) in [5, 5.41) is 12.9. The van der Waals surface area contributed by atoms with Crippen LogP contribution in [0.25, 0.3) is 0 Å². The van der Waals surface area contributed by atoms with Crippen molar-refractivity contribution in [2.24, 2.45) is 0 Å². The van der Waals surface area contributed by atoms with Crippen LogP contribution in [0.1, 0.15) is 65.6 Å². The number of rotatable bonds is 10. The molecule has 2 heterocycles. The van der Waals surface area contributed by atoms with E-state index < -0.39 is 22.0 Å². The van der Waals surface area contributed by atoms with Crippen LogP contribution in [0.3, 0.4) is 0 Å². The van der Waals surface area contributed by atoms with E-state index in [4.69, 9.17) is 0 Å². The van der Waals surface area contributed by atoms with Crippen molar-refractivity contribution < 1.29 is 23.1 Å². The third-order valence-electron chi connectivity index (χ3n) is 6.82. The number of aliphatic carboxylic acids is 1. The Labute approximate surface area is 218 Å². The van der Waals surface area contributed by atoms with Gasteiger partial charge in [-0.05, 0) is 79.6 Å². The normalized spacial score (nSPS) is 16.9. The molecule has 1 fully saturated rings. The highest BCUT2D eigenvalue weighted by molar-refractivity contribution is 7.89. The highest BCUT2D eigenvalue weighted by Crippen LogP contribution is 2.33. The van der Waals surface area contributed by atoms with Crippen LogP contribution in [0.15, 0.2) is 42.5 Å². The highest BCUT2D eigenvalue weighted by Gasteiger charge is 2.30. The smallest absolute Gasteiger partial charge is 0.322 e. The summed E-state index contributed by atoms with van der Waals surface area (Å²) >= 11 is 0. The van der Waals surface area contributed by atoms with Gasteiger partial charge < -0.3 is 15.3 Å². The fourth-order valence-electron chi connectivity index (χ4n) is 4.80. The number of carboxylic acids is 1. The van der Waals surface area contributed by atoms with Crippen molar-refractivity contribution in [1.29, 1.82) is 0 Å². The van der Waals surface area contributed by atoms with Crippen LogP contribution in [-0.4, -0.2) is 50.3 Å². The van der Waals surface area contributed by atoms with E-state index in [-0.39, 0.29) is 30.5 Å². The van der Waals surface area contributed by atoms with Crippen LogP contribution in [0.5, 0.6) is 0 Å². The van der Waals surface area contributed by atoms with Crippen LogP contribution in [-0.2, 0) is 27.8 Å². The number of carboxylic acid groups (broad SMARTS) is 1. The number of carbonyl (C=O) groups is 2. The summed E-state index contributed by atoms with van der Waals surface area (Å²) in [4.78, 5) is 26.4. The van der Waals surface area contributed by atoms with Crippen molar-refractivity contribution >= 4 is 40.0 Å². The number of hydrogen-bond acceptors (Lipinski definition) is 5. The van der Waals surface area contributed by atoms with E-state index in [1.807, 2.05) is 13.0 Å². The molecular formula is C26H34ClN3O5S. The summed E-state index contributed by atoms with van der Waals surface area (Å²) in [6.07, 6.45) is 3.41. The lowest BCUT2D eigenvalue weighted by Gasteiger charge is -2.23. The second-order valence-corrected chi connectivity index (χ2v) is 11.3. The number of fused-ring (bicyclic) bond motifs is 1. The van der Waals surface area contributed by atoms with E-state index in [1.54, 1.807) is 29.2 Å². The van der Waals surface area contributed by atoms with Crippen molar-refractivity contribution in [3.05, 3.63) is 64.7 Å². The Hall–Kier alpha value is -2.46. The van der Waals surface area contributed by atoms with E-state index >= 15 is 0 Å². The largest absolute Gasteiger partial charge is 0.480 e. The zero-order valence-corrected chi connectivity index (χ0v) is 22.0. The lowest BCUT2D eigenvalue weighted by Crippen LogP contribution is -2.43.